The quantitative estimate of drug-likeness (QED) is 0.416. The van der Waals surface area contributed by atoms with Gasteiger partial charge in [0.1, 0.15) is 0 Å². The van der Waals surface area contributed by atoms with Gasteiger partial charge in [-0.2, -0.15) is 0 Å². The van der Waals surface area contributed by atoms with E-state index in [1.54, 1.807) is 13.0 Å². The number of allylic oxidation sites excluding steroid dienone is 7. The van der Waals surface area contributed by atoms with Crippen LogP contribution in [0.2, 0.25) is 0 Å². The molecule has 2 N–H and O–H groups in total. The lowest BCUT2D eigenvalue weighted by Gasteiger charge is -2.64. The Morgan fingerprint density at radius 2 is 1.71 bits per heavy atom. The Labute approximate surface area is 213 Å². The number of amides is 1. The van der Waals surface area contributed by atoms with Gasteiger partial charge in [-0.1, -0.05) is 72.6 Å². The normalized spacial score (nSPS) is 29.5. The second-order valence-electron chi connectivity index (χ2n) is 13.6. The van der Waals surface area contributed by atoms with Crippen molar-refractivity contribution in [2.24, 2.45) is 27.6 Å². The topological polar surface area (TPSA) is 66.4 Å². The molecule has 3 aliphatic carbocycles. The highest BCUT2D eigenvalue weighted by Gasteiger charge is 2.60. The maximum atomic E-state index is 12.6. The van der Waals surface area contributed by atoms with Crippen molar-refractivity contribution in [1.82, 2.24) is 5.32 Å². The molecule has 0 aromatic carbocycles. The summed E-state index contributed by atoms with van der Waals surface area (Å²) >= 11 is 0. The van der Waals surface area contributed by atoms with Crippen molar-refractivity contribution in [1.29, 1.82) is 0 Å². The molecule has 4 heteroatoms. The third kappa shape index (κ3) is 4.25. The van der Waals surface area contributed by atoms with E-state index >= 15 is 0 Å². The second-order valence-corrected chi connectivity index (χ2v) is 13.6. The molecule has 0 heterocycles. The van der Waals surface area contributed by atoms with E-state index in [4.69, 9.17) is 0 Å². The van der Waals surface area contributed by atoms with Gasteiger partial charge in [0.05, 0.1) is 0 Å². The van der Waals surface area contributed by atoms with Gasteiger partial charge in [0.25, 0.3) is 0 Å². The first-order chi connectivity index (χ1) is 15.8. The molecule has 1 saturated carbocycles. The van der Waals surface area contributed by atoms with Crippen LogP contribution < -0.4 is 5.32 Å². The highest BCUT2D eigenvalue weighted by atomic mass is 16.3. The van der Waals surface area contributed by atoms with Gasteiger partial charge in [-0.3, -0.25) is 9.59 Å². The molecule has 1 fully saturated rings. The van der Waals surface area contributed by atoms with E-state index in [-0.39, 0.29) is 44.6 Å². The van der Waals surface area contributed by atoms with Crippen LogP contribution in [0, 0.1) is 27.6 Å². The molecule has 0 unspecified atom stereocenters. The summed E-state index contributed by atoms with van der Waals surface area (Å²) in [7, 11) is 0. The Morgan fingerprint density at radius 3 is 2.26 bits per heavy atom. The molecule has 0 aromatic rings. The first-order valence-corrected chi connectivity index (χ1v) is 13.2. The third-order valence-electron chi connectivity index (χ3n) is 10.3. The van der Waals surface area contributed by atoms with Crippen LogP contribution in [-0.2, 0) is 9.59 Å². The number of hydrogen-bond donors (Lipinski definition) is 2. The Bertz CT molecular complexity index is 1060. The van der Waals surface area contributed by atoms with Crippen LogP contribution in [0.5, 0.6) is 0 Å². The number of rotatable bonds is 6. The monoisotopic (exact) mass is 481 g/mol. The highest BCUT2D eigenvalue weighted by Crippen LogP contribution is 2.69. The van der Waals surface area contributed by atoms with E-state index in [1.165, 1.54) is 5.57 Å². The van der Waals surface area contributed by atoms with Gasteiger partial charge >= 0.3 is 0 Å². The Kier molecular flexibility index (Phi) is 6.67. The van der Waals surface area contributed by atoms with Crippen molar-refractivity contribution in [2.45, 2.75) is 107 Å². The summed E-state index contributed by atoms with van der Waals surface area (Å²) in [5, 5.41) is 13.5. The number of nitrogens with one attached hydrogen (secondary N) is 1. The fourth-order valence-electron chi connectivity index (χ4n) is 7.51. The number of fused-ring (bicyclic) bond motifs is 3. The number of carbonyl (C=O) groups excluding carboxylic acids is 2. The standard InChI is InChI=1S/C31H47NO3/c1-12-27(4,5)25(18-28(6,7)32-20(3)33)31(11)16-15-30(10)22-17-23(34)26(35)19(2)21(22)13-14-24(30)29(31,8)9/h13-14,17,25,35H,12,15-16,18H2,1-11H3,(H,32,33)/t25-,30+,31+/m1/s1. The predicted molar refractivity (Wildman–Crippen MR) is 144 cm³/mol. The molecule has 4 nitrogen and oxygen atoms in total. The minimum absolute atomic E-state index is 0.0110. The predicted octanol–water partition coefficient (Wildman–Crippen LogP) is 7.38. The summed E-state index contributed by atoms with van der Waals surface area (Å²) < 4.78 is 0. The van der Waals surface area contributed by atoms with Crippen LogP contribution in [0.3, 0.4) is 0 Å². The zero-order valence-electron chi connectivity index (χ0n) is 23.9. The van der Waals surface area contributed by atoms with Crippen LogP contribution >= 0.6 is 0 Å². The molecular weight excluding hydrogens is 434 g/mol. The molecule has 1 amide bonds. The average Bonchev–Trinajstić information content (AvgIpc) is 2.73. The third-order valence-corrected chi connectivity index (χ3v) is 10.3. The summed E-state index contributed by atoms with van der Waals surface area (Å²) in [5.41, 5.74) is 3.43. The zero-order chi connectivity index (χ0) is 26.8. The van der Waals surface area contributed by atoms with Crippen molar-refractivity contribution < 1.29 is 14.7 Å². The van der Waals surface area contributed by atoms with Gasteiger partial charge in [-0.25, -0.2) is 0 Å². The largest absolute Gasteiger partial charge is 0.504 e. The van der Waals surface area contributed by atoms with Crippen molar-refractivity contribution in [3.8, 4) is 0 Å². The Hall–Kier alpha value is -2.10. The van der Waals surface area contributed by atoms with Crippen LogP contribution in [-0.4, -0.2) is 22.3 Å². The molecule has 0 bridgehead atoms. The summed E-state index contributed by atoms with van der Waals surface area (Å²) in [6.07, 6.45) is 9.97. The summed E-state index contributed by atoms with van der Waals surface area (Å²) in [6.45, 7) is 24.3. The summed E-state index contributed by atoms with van der Waals surface area (Å²) in [5.74, 6) is -0.0483. The SMILES string of the molecule is CCC(C)(C)[C@@H](CC(C)(C)NC(C)=O)[C@]1(C)CC[C@@]2(C)C3=CC(=O)C(O)=C(C)C3=CC=C2C1(C)C. The number of carbonyl (C=O) groups is 2. The Balaban J connectivity index is 2.16. The maximum absolute atomic E-state index is 12.6. The number of aliphatic hydroxyl groups is 1. The number of aliphatic hydroxyl groups excluding tert-OH is 1. The molecule has 35 heavy (non-hydrogen) atoms. The van der Waals surface area contributed by atoms with Gasteiger partial charge in [-0.05, 0) is 79.4 Å². The van der Waals surface area contributed by atoms with Gasteiger partial charge < -0.3 is 10.4 Å². The van der Waals surface area contributed by atoms with E-state index < -0.39 is 0 Å². The van der Waals surface area contributed by atoms with Gasteiger partial charge in [-0.15, -0.1) is 0 Å². The van der Waals surface area contributed by atoms with E-state index in [9.17, 15) is 14.7 Å². The fourth-order valence-corrected chi connectivity index (χ4v) is 7.51. The second kappa shape index (κ2) is 8.49. The lowest BCUT2D eigenvalue weighted by Crippen LogP contribution is -2.57. The smallest absolute Gasteiger partial charge is 0.220 e. The number of ketones is 1. The van der Waals surface area contributed by atoms with Crippen LogP contribution in [0.25, 0.3) is 0 Å². The number of hydrogen-bond acceptors (Lipinski definition) is 3. The van der Waals surface area contributed by atoms with Gasteiger partial charge in [0, 0.05) is 23.5 Å². The maximum Gasteiger partial charge on any atom is 0.220 e. The molecule has 0 aromatic heterocycles. The van der Waals surface area contributed by atoms with E-state index in [2.05, 4.69) is 79.8 Å². The lowest BCUT2D eigenvalue weighted by atomic mass is 9.40. The van der Waals surface area contributed by atoms with E-state index in [0.717, 1.165) is 36.8 Å². The van der Waals surface area contributed by atoms with Gasteiger partial charge in [0.2, 0.25) is 11.7 Å². The van der Waals surface area contributed by atoms with Crippen LogP contribution in [0.4, 0.5) is 0 Å². The van der Waals surface area contributed by atoms with E-state index in [0.29, 0.717) is 11.5 Å². The molecule has 3 atom stereocenters. The first-order valence-electron chi connectivity index (χ1n) is 13.2. The molecule has 3 rings (SSSR count). The van der Waals surface area contributed by atoms with Crippen LogP contribution in [0.15, 0.2) is 46.3 Å². The lowest BCUT2D eigenvalue weighted by molar-refractivity contribution is -0.122. The molecule has 194 valence electrons. The van der Waals surface area contributed by atoms with Crippen molar-refractivity contribution in [2.75, 3.05) is 0 Å². The molecule has 0 spiro atoms. The Morgan fingerprint density at radius 1 is 1.11 bits per heavy atom. The highest BCUT2D eigenvalue weighted by molar-refractivity contribution is 6.06. The molecule has 0 radical (unpaired) electrons. The first kappa shape index (κ1) is 27.5. The molecule has 0 saturated heterocycles. The van der Waals surface area contributed by atoms with Crippen LogP contribution in [0.1, 0.15) is 102 Å². The van der Waals surface area contributed by atoms with Crippen molar-refractivity contribution >= 4 is 11.7 Å². The summed E-state index contributed by atoms with van der Waals surface area (Å²) in [4.78, 5) is 24.6. The van der Waals surface area contributed by atoms with E-state index in [1.807, 2.05) is 6.92 Å². The van der Waals surface area contributed by atoms with Crippen molar-refractivity contribution in [3.63, 3.8) is 0 Å². The minimum Gasteiger partial charge on any atom is -0.504 e. The molecule has 3 aliphatic rings. The summed E-state index contributed by atoms with van der Waals surface area (Å²) in [6, 6.07) is 0. The minimum atomic E-state index is -0.311. The fraction of sp³-hybridized carbons (Fsp3) is 0.677. The molecule has 0 aliphatic heterocycles. The molecular formula is C31H47NO3. The zero-order valence-corrected chi connectivity index (χ0v) is 23.9. The average molecular weight is 482 g/mol. The van der Waals surface area contributed by atoms with Crippen molar-refractivity contribution in [3.05, 3.63) is 46.3 Å². The van der Waals surface area contributed by atoms with Gasteiger partial charge in [0.15, 0.2) is 5.76 Å².